The van der Waals surface area contributed by atoms with Crippen molar-refractivity contribution in [2.45, 2.75) is 24.8 Å². The molecule has 0 spiro atoms. The summed E-state index contributed by atoms with van der Waals surface area (Å²) in [4.78, 5) is 13.2. The summed E-state index contributed by atoms with van der Waals surface area (Å²) >= 11 is 0. The fourth-order valence-corrected chi connectivity index (χ4v) is 2.26. The molecule has 1 aliphatic heterocycles. The van der Waals surface area contributed by atoms with Crippen molar-refractivity contribution in [2.24, 2.45) is 0 Å². The van der Waals surface area contributed by atoms with Crippen molar-refractivity contribution in [2.75, 3.05) is 20.1 Å². The predicted molar refractivity (Wildman–Crippen MR) is 57.0 cm³/mol. The van der Waals surface area contributed by atoms with E-state index in [0.717, 1.165) is 25.9 Å². The molecule has 1 aliphatic rings. The zero-order valence-electron chi connectivity index (χ0n) is 9.33. The van der Waals surface area contributed by atoms with E-state index < -0.39 is 11.5 Å². The Morgan fingerprint density at radius 3 is 2.69 bits per heavy atom. The molecule has 6 heteroatoms. The van der Waals surface area contributed by atoms with E-state index in [9.17, 15) is 4.79 Å². The fourth-order valence-electron chi connectivity index (χ4n) is 2.26. The molecule has 0 atom stereocenters. The molecule has 0 aromatic carbocycles. The van der Waals surface area contributed by atoms with E-state index in [4.69, 9.17) is 5.11 Å². The highest BCUT2D eigenvalue weighted by Crippen LogP contribution is 2.32. The number of carbonyl (C=O) groups is 1. The van der Waals surface area contributed by atoms with Crippen LogP contribution in [0, 0.1) is 0 Å². The molecule has 0 amide bonds. The normalized spacial score (nSPS) is 20.8. The Morgan fingerprint density at radius 2 is 2.19 bits per heavy atom. The summed E-state index contributed by atoms with van der Waals surface area (Å²) < 4.78 is 1.72. The minimum Gasteiger partial charge on any atom is -0.481 e. The standard InChI is InChI=1S/C10H16N4O2/c1-13-5-2-10(3-6-13,8-9(15)16)14-7-4-11-12-14/h4,7H,2-3,5-6,8H2,1H3,(H,15,16). The van der Waals surface area contributed by atoms with E-state index in [1.54, 1.807) is 17.1 Å². The summed E-state index contributed by atoms with van der Waals surface area (Å²) in [7, 11) is 2.05. The van der Waals surface area contributed by atoms with Crippen molar-refractivity contribution in [1.82, 2.24) is 19.9 Å². The van der Waals surface area contributed by atoms with E-state index >= 15 is 0 Å². The molecule has 2 heterocycles. The van der Waals surface area contributed by atoms with Gasteiger partial charge in [-0.05, 0) is 19.9 Å². The molecule has 1 aromatic heterocycles. The largest absolute Gasteiger partial charge is 0.481 e. The summed E-state index contributed by atoms with van der Waals surface area (Å²) in [5.74, 6) is -0.778. The van der Waals surface area contributed by atoms with Crippen LogP contribution in [0.5, 0.6) is 0 Å². The van der Waals surface area contributed by atoms with Gasteiger partial charge in [0.15, 0.2) is 0 Å². The van der Waals surface area contributed by atoms with Gasteiger partial charge in [-0.2, -0.15) is 0 Å². The van der Waals surface area contributed by atoms with Crippen molar-refractivity contribution in [3.8, 4) is 0 Å². The van der Waals surface area contributed by atoms with Gasteiger partial charge in [0.05, 0.1) is 18.2 Å². The lowest BCUT2D eigenvalue weighted by molar-refractivity contribution is -0.140. The second kappa shape index (κ2) is 4.21. The van der Waals surface area contributed by atoms with Gasteiger partial charge in [0, 0.05) is 19.3 Å². The molecular weight excluding hydrogens is 208 g/mol. The molecule has 2 rings (SSSR count). The second-order valence-electron chi connectivity index (χ2n) is 4.45. The average molecular weight is 224 g/mol. The topological polar surface area (TPSA) is 71.2 Å². The van der Waals surface area contributed by atoms with Gasteiger partial charge in [-0.3, -0.25) is 4.79 Å². The molecule has 0 saturated carbocycles. The molecule has 1 fully saturated rings. The summed E-state index contributed by atoms with van der Waals surface area (Å²) in [6.45, 7) is 1.79. The minimum atomic E-state index is -0.778. The second-order valence-corrected chi connectivity index (χ2v) is 4.45. The Balaban J connectivity index is 2.23. The van der Waals surface area contributed by atoms with Crippen LogP contribution >= 0.6 is 0 Å². The number of carboxylic acid groups (broad SMARTS) is 1. The van der Waals surface area contributed by atoms with Crippen LogP contribution in [0.25, 0.3) is 0 Å². The van der Waals surface area contributed by atoms with Crippen LogP contribution in [0.2, 0.25) is 0 Å². The van der Waals surface area contributed by atoms with Gasteiger partial charge in [0.2, 0.25) is 0 Å². The van der Waals surface area contributed by atoms with Crippen LogP contribution in [0.3, 0.4) is 0 Å². The van der Waals surface area contributed by atoms with Gasteiger partial charge in [0.1, 0.15) is 0 Å². The van der Waals surface area contributed by atoms with Crippen LogP contribution in [-0.2, 0) is 10.3 Å². The Hall–Kier alpha value is -1.43. The van der Waals surface area contributed by atoms with Gasteiger partial charge in [0.25, 0.3) is 0 Å². The number of likely N-dealkylation sites (tertiary alicyclic amines) is 1. The highest BCUT2D eigenvalue weighted by atomic mass is 16.4. The lowest BCUT2D eigenvalue weighted by atomic mass is 9.84. The number of aromatic nitrogens is 3. The molecule has 6 nitrogen and oxygen atoms in total. The zero-order chi connectivity index (χ0) is 11.6. The predicted octanol–water partition coefficient (Wildman–Crippen LogP) is 0.174. The van der Waals surface area contributed by atoms with Crippen molar-refractivity contribution in [1.29, 1.82) is 0 Å². The van der Waals surface area contributed by atoms with Crippen molar-refractivity contribution in [3.63, 3.8) is 0 Å². The number of hydrogen-bond acceptors (Lipinski definition) is 4. The summed E-state index contributed by atoms with van der Waals surface area (Å²) in [6, 6.07) is 0. The van der Waals surface area contributed by atoms with Crippen LogP contribution in [-0.4, -0.2) is 51.1 Å². The molecule has 0 radical (unpaired) electrons. The molecule has 0 bridgehead atoms. The van der Waals surface area contributed by atoms with E-state index in [2.05, 4.69) is 15.2 Å². The van der Waals surface area contributed by atoms with Crippen LogP contribution < -0.4 is 0 Å². The molecule has 1 saturated heterocycles. The zero-order valence-corrected chi connectivity index (χ0v) is 9.33. The third-order valence-electron chi connectivity index (χ3n) is 3.31. The molecule has 1 aromatic rings. The highest BCUT2D eigenvalue weighted by molar-refractivity contribution is 5.68. The fraction of sp³-hybridized carbons (Fsp3) is 0.700. The Bertz CT molecular complexity index is 355. The minimum absolute atomic E-state index is 0.115. The Kier molecular flexibility index (Phi) is 2.91. The van der Waals surface area contributed by atoms with Gasteiger partial charge >= 0.3 is 5.97 Å². The van der Waals surface area contributed by atoms with Crippen molar-refractivity contribution >= 4 is 5.97 Å². The van der Waals surface area contributed by atoms with E-state index in [-0.39, 0.29) is 6.42 Å². The maximum absolute atomic E-state index is 11.0. The van der Waals surface area contributed by atoms with Crippen molar-refractivity contribution in [3.05, 3.63) is 12.4 Å². The quantitative estimate of drug-likeness (QED) is 0.792. The van der Waals surface area contributed by atoms with E-state index in [0.29, 0.717) is 0 Å². The molecule has 0 unspecified atom stereocenters. The van der Waals surface area contributed by atoms with Crippen LogP contribution in [0.1, 0.15) is 19.3 Å². The number of carboxylic acids is 1. The highest BCUT2D eigenvalue weighted by Gasteiger charge is 2.38. The third kappa shape index (κ3) is 2.06. The Labute approximate surface area is 93.9 Å². The smallest absolute Gasteiger partial charge is 0.305 e. The first-order valence-electron chi connectivity index (χ1n) is 5.39. The Morgan fingerprint density at radius 1 is 1.50 bits per heavy atom. The van der Waals surface area contributed by atoms with Gasteiger partial charge in [-0.25, -0.2) is 4.68 Å². The summed E-state index contributed by atoms with van der Waals surface area (Å²) in [5.41, 5.74) is -0.394. The monoisotopic (exact) mass is 224 g/mol. The lowest BCUT2D eigenvalue weighted by Crippen LogP contribution is -2.46. The maximum Gasteiger partial charge on any atom is 0.305 e. The number of hydrogen-bond donors (Lipinski definition) is 1. The number of rotatable bonds is 3. The van der Waals surface area contributed by atoms with Crippen molar-refractivity contribution < 1.29 is 9.90 Å². The summed E-state index contributed by atoms with van der Waals surface area (Å²) in [5, 5.41) is 16.8. The molecule has 0 aliphatic carbocycles. The van der Waals surface area contributed by atoms with Gasteiger partial charge < -0.3 is 10.0 Å². The molecule has 88 valence electrons. The van der Waals surface area contributed by atoms with E-state index in [1.807, 2.05) is 7.05 Å². The first-order chi connectivity index (χ1) is 7.62. The van der Waals surface area contributed by atoms with Gasteiger partial charge in [-0.15, -0.1) is 5.10 Å². The van der Waals surface area contributed by atoms with Gasteiger partial charge in [-0.1, -0.05) is 5.21 Å². The summed E-state index contributed by atoms with van der Waals surface area (Å²) in [6.07, 6.45) is 5.08. The number of piperidine rings is 1. The first-order valence-corrected chi connectivity index (χ1v) is 5.39. The first kappa shape index (κ1) is 11.1. The molecule has 16 heavy (non-hydrogen) atoms. The van der Waals surface area contributed by atoms with E-state index in [1.165, 1.54) is 0 Å². The van der Waals surface area contributed by atoms with Crippen LogP contribution in [0.15, 0.2) is 12.4 Å². The molecular formula is C10H16N4O2. The number of nitrogens with zero attached hydrogens (tertiary/aromatic N) is 4. The van der Waals surface area contributed by atoms with Crippen LogP contribution in [0.4, 0.5) is 0 Å². The maximum atomic E-state index is 11.0. The molecule has 1 N–H and O–H groups in total. The number of aliphatic carboxylic acids is 1. The SMILES string of the molecule is CN1CCC(CC(=O)O)(n2ccnn2)CC1. The average Bonchev–Trinajstić information content (AvgIpc) is 2.75. The lowest BCUT2D eigenvalue weighted by Gasteiger charge is -2.39. The third-order valence-corrected chi connectivity index (χ3v) is 3.31.